The van der Waals surface area contributed by atoms with E-state index in [1.54, 1.807) is 4.68 Å². The lowest BCUT2D eigenvalue weighted by Gasteiger charge is -2.25. The molecule has 1 N–H and O–H groups in total. The van der Waals surface area contributed by atoms with Crippen molar-refractivity contribution < 1.29 is 4.79 Å². The number of carbonyl (C=O) groups excluding carboxylic acids is 1. The summed E-state index contributed by atoms with van der Waals surface area (Å²) in [7, 11) is 3.99. The van der Waals surface area contributed by atoms with Crippen LogP contribution in [0.2, 0.25) is 0 Å². The van der Waals surface area contributed by atoms with Crippen molar-refractivity contribution in [2.24, 2.45) is 7.05 Å². The first-order valence-electron chi connectivity index (χ1n) is 9.93. The Bertz CT molecular complexity index is 1260. The van der Waals surface area contributed by atoms with Crippen molar-refractivity contribution in [3.8, 4) is 11.1 Å². The molecule has 0 saturated carbocycles. The summed E-state index contributed by atoms with van der Waals surface area (Å²) < 4.78 is 1.77. The molecule has 0 radical (unpaired) electrons. The van der Waals surface area contributed by atoms with Gasteiger partial charge < -0.3 is 10.2 Å². The molecule has 7 nitrogen and oxygen atoms in total. The average molecular weight is 398 g/mol. The van der Waals surface area contributed by atoms with Gasteiger partial charge in [-0.3, -0.25) is 9.48 Å². The molecule has 1 aliphatic rings. The van der Waals surface area contributed by atoms with E-state index in [0.717, 1.165) is 41.5 Å². The first-order chi connectivity index (χ1) is 14.5. The first-order valence-corrected chi connectivity index (χ1v) is 9.93. The molecule has 5 rings (SSSR count). The fourth-order valence-corrected chi connectivity index (χ4v) is 3.88. The van der Waals surface area contributed by atoms with Gasteiger partial charge in [-0.05, 0) is 60.5 Å². The van der Waals surface area contributed by atoms with E-state index in [2.05, 4.69) is 38.6 Å². The van der Waals surface area contributed by atoms with Crippen LogP contribution >= 0.6 is 0 Å². The number of nitrogens with zero attached hydrogens (tertiary/aromatic N) is 5. The van der Waals surface area contributed by atoms with Crippen LogP contribution in [0, 0.1) is 0 Å². The summed E-state index contributed by atoms with van der Waals surface area (Å²) >= 11 is 0. The summed E-state index contributed by atoms with van der Waals surface area (Å²) in [5, 5.41) is 16.5. The third-order valence-electron chi connectivity index (χ3n) is 5.54. The molecule has 150 valence electrons. The number of fused-ring (bicyclic) bond motifs is 2. The van der Waals surface area contributed by atoms with Gasteiger partial charge in [0, 0.05) is 42.8 Å². The quantitative estimate of drug-likeness (QED) is 0.573. The molecule has 0 saturated heterocycles. The zero-order chi connectivity index (χ0) is 20.7. The van der Waals surface area contributed by atoms with Gasteiger partial charge >= 0.3 is 0 Å². The van der Waals surface area contributed by atoms with Gasteiger partial charge in [0.15, 0.2) is 5.82 Å². The van der Waals surface area contributed by atoms with Crippen molar-refractivity contribution in [1.82, 2.24) is 24.9 Å². The highest BCUT2D eigenvalue weighted by Crippen LogP contribution is 2.24. The maximum Gasteiger partial charge on any atom is 0.256 e. The van der Waals surface area contributed by atoms with Gasteiger partial charge in [0.2, 0.25) is 0 Å². The lowest BCUT2D eigenvalue weighted by molar-refractivity contribution is 0.102. The summed E-state index contributed by atoms with van der Waals surface area (Å²) in [4.78, 5) is 15.1. The Labute approximate surface area is 174 Å². The Kier molecular flexibility index (Phi) is 4.52. The maximum absolute atomic E-state index is 12.8. The maximum atomic E-state index is 12.8. The van der Waals surface area contributed by atoms with Crippen LogP contribution < -0.4 is 5.32 Å². The van der Waals surface area contributed by atoms with Crippen LogP contribution in [0.25, 0.3) is 22.0 Å². The molecule has 4 aromatic rings. The lowest BCUT2D eigenvalue weighted by Crippen LogP contribution is -2.27. The molecule has 0 spiro atoms. The molecular formula is C23H22N6O. The minimum Gasteiger partial charge on any atom is -0.305 e. The Balaban J connectivity index is 1.41. The van der Waals surface area contributed by atoms with E-state index in [9.17, 15) is 4.79 Å². The second kappa shape index (κ2) is 7.35. The molecule has 0 fully saturated rings. The highest BCUT2D eigenvalue weighted by Gasteiger charge is 2.16. The third-order valence-corrected chi connectivity index (χ3v) is 5.54. The number of aryl methyl sites for hydroxylation is 1. The second-order valence-corrected chi connectivity index (χ2v) is 7.83. The summed E-state index contributed by atoms with van der Waals surface area (Å²) in [5.74, 6) is 0.258. The number of carbonyl (C=O) groups is 1. The average Bonchev–Trinajstić information content (AvgIpc) is 3.19. The standard InChI is InChI=1S/C23H22N6O/c1-28-8-7-15-3-4-17(10-19(15)13-28)23(30)25-22-11-18-9-16(5-6-21(18)26-27-22)20-12-24-29(2)14-20/h3-6,9-12,14H,7-8,13H2,1-2H3,(H,25,27,30). The molecule has 0 atom stereocenters. The molecule has 2 aromatic heterocycles. The van der Waals surface area contributed by atoms with Crippen molar-refractivity contribution in [2.75, 3.05) is 18.9 Å². The van der Waals surface area contributed by atoms with E-state index in [0.29, 0.717) is 11.4 Å². The fraction of sp³-hybridized carbons (Fsp3) is 0.217. The summed E-state index contributed by atoms with van der Waals surface area (Å²) in [6.45, 7) is 1.91. The van der Waals surface area contributed by atoms with Crippen molar-refractivity contribution in [3.05, 3.63) is 71.5 Å². The van der Waals surface area contributed by atoms with Gasteiger partial charge in [-0.1, -0.05) is 12.1 Å². The first kappa shape index (κ1) is 18.4. The Morgan fingerprint density at radius 1 is 1.00 bits per heavy atom. The Morgan fingerprint density at radius 2 is 1.90 bits per heavy atom. The largest absolute Gasteiger partial charge is 0.305 e. The molecular weight excluding hydrogens is 376 g/mol. The van der Waals surface area contributed by atoms with Gasteiger partial charge in [0.05, 0.1) is 11.7 Å². The van der Waals surface area contributed by atoms with Crippen LogP contribution in [-0.4, -0.2) is 44.4 Å². The predicted octanol–water partition coefficient (Wildman–Crippen LogP) is 3.27. The molecule has 7 heteroatoms. The van der Waals surface area contributed by atoms with E-state index >= 15 is 0 Å². The van der Waals surface area contributed by atoms with E-state index in [1.807, 2.05) is 55.8 Å². The smallest absolute Gasteiger partial charge is 0.256 e. The SMILES string of the molecule is CN1CCc2ccc(C(=O)Nc3cc4cc(-c5cnn(C)c5)ccc4nn3)cc2C1. The molecule has 3 heterocycles. The van der Waals surface area contributed by atoms with Crippen molar-refractivity contribution in [1.29, 1.82) is 0 Å². The minimum atomic E-state index is -0.178. The van der Waals surface area contributed by atoms with E-state index in [1.165, 1.54) is 11.1 Å². The highest BCUT2D eigenvalue weighted by atomic mass is 16.1. The minimum absolute atomic E-state index is 0.178. The molecule has 1 amide bonds. The molecule has 0 bridgehead atoms. The number of anilines is 1. The van der Waals surface area contributed by atoms with Gasteiger partial charge in [0.1, 0.15) is 0 Å². The third kappa shape index (κ3) is 3.55. The topological polar surface area (TPSA) is 75.9 Å². The number of hydrogen-bond donors (Lipinski definition) is 1. The number of amides is 1. The zero-order valence-corrected chi connectivity index (χ0v) is 17.0. The Morgan fingerprint density at radius 3 is 2.73 bits per heavy atom. The normalized spacial score (nSPS) is 13.9. The molecule has 30 heavy (non-hydrogen) atoms. The predicted molar refractivity (Wildman–Crippen MR) is 116 cm³/mol. The number of benzene rings is 2. The van der Waals surface area contributed by atoms with Crippen molar-refractivity contribution >= 4 is 22.6 Å². The number of likely N-dealkylation sites (N-methyl/N-ethyl adjacent to an activating group) is 1. The van der Waals surface area contributed by atoms with Crippen LogP contribution in [0.4, 0.5) is 5.82 Å². The monoisotopic (exact) mass is 398 g/mol. The van der Waals surface area contributed by atoms with Crippen molar-refractivity contribution in [2.45, 2.75) is 13.0 Å². The molecule has 1 aliphatic heterocycles. The number of hydrogen-bond acceptors (Lipinski definition) is 5. The van der Waals surface area contributed by atoms with E-state index in [4.69, 9.17) is 0 Å². The van der Waals surface area contributed by atoms with Gasteiger partial charge in [-0.15, -0.1) is 10.2 Å². The number of nitrogens with one attached hydrogen (secondary N) is 1. The summed E-state index contributed by atoms with van der Waals surface area (Å²) in [5.41, 5.74) is 6.01. The second-order valence-electron chi connectivity index (χ2n) is 7.83. The molecule has 0 aliphatic carbocycles. The highest BCUT2D eigenvalue weighted by molar-refractivity contribution is 6.04. The van der Waals surface area contributed by atoms with Crippen molar-refractivity contribution in [3.63, 3.8) is 0 Å². The zero-order valence-electron chi connectivity index (χ0n) is 17.0. The van der Waals surface area contributed by atoms with Crippen LogP contribution in [0.1, 0.15) is 21.5 Å². The summed E-state index contributed by atoms with van der Waals surface area (Å²) in [6.07, 6.45) is 4.81. The summed E-state index contributed by atoms with van der Waals surface area (Å²) in [6, 6.07) is 13.7. The fourth-order valence-electron chi connectivity index (χ4n) is 3.88. The van der Waals surface area contributed by atoms with Crippen LogP contribution in [-0.2, 0) is 20.0 Å². The van der Waals surface area contributed by atoms with Gasteiger partial charge in [-0.25, -0.2) is 0 Å². The van der Waals surface area contributed by atoms with E-state index in [-0.39, 0.29) is 5.91 Å². The van der Waals surface area contributed by atoms with Crippen LogP contribution in [0.15, 0.2) is 54.9 Å². The molecule has 0 unspecified atom stereocenters. The Hall–Kier alpha value is -3.58. The van der Waals surface area contributed by atoms with E-state index < -0.39 is 0 Å². The number of aromatic nitrogens is 4. The van der Waals surface area contributed by atoms with Gasteiger partial charge in [0.25, 0.3) is 5.91 Å². The van der Waals surface area contributed by atoms with Crippen LogP contribution in [0.5, 0.6) is 0 Å². The molecule has 2 aromatic carbocycles. The van der Waals surface area contributed by atoms with Gasteiger partial charge in [-0.2, -0.15) is 5.10 Å². The number of rotatable bonds is 3. The van der Waals surface area contributed by atoms with Crippen LogP contribution in [0.3, 0.4) is 0 Å². The lowest BCUT2D eigenvalue weighted by atomic mass is 9.97.